The van der Waals surface area contributed by atoms with E-state index in [1.54, 1.807) is 0 Å². The fraction of sp³-hybridized carbons (Fsp3) is 0.500. The van der Waals surface area contributed by atoms with E-state index in [1.807, 2.05) is 12.1 Å². The lowest BCUT2D eigenvalue weighted by Crippen LogP contribution is -2.00. The minimum atomic E-state index is 0.268. The van der Waals surface area contributed by atoms with Gasteiger partial charge in [0.1, 0.15) is 5.75 Å². The number of ether oxygens (including phenoxy) is 2. The van der Waals surface area contributed by atoms with Crippen LogP contribution in [-0.2, 0) is 22.3 Å². The van der Waals surface area contributed by atoms with Gasteiger partial charge in [-0.2, -0.15) is 0 Å². The Kier molecular flexibility index (Phi) is 2.58. The first-order valence-corrected chi connectivity index (χ1v) is 5.94. The Morgan fingerprint density at radius 1 is 1.19 bits per heavy atom. The summed E-state index contributed by atoms with van der Waals surface area (Å²) in [6, 6.07) is 3.87. The Labute approximate surface area is 99.8 Å². The van der Waals surface area contributed by atoms with Crippen LogP contribution in [0.4, 0.5) is 0 Å². The van der Waals surface area contributed by atoms with Crippen molar-refractivity contribution in [2.45, 2.75) is 29.9 Å². The van der Waals surface area contributed by atoms with Gasteiger partial charge in [-0.25, -0.2) is 0 Å². The van der Waals surface area contributed by atoms with Crippen LogP contribution in [0.3, 0.4) is 0 Å². The molecule has 0 bridgehead atoms. The second kappa shape index (κ2) is 3.95. The fourth-order valence-corrected chi connectivity index (χ4v) is 2.16. The van der Waals surface area contributed by atoms with E-state index in [-0.39, 0.29) is 6.10 Å². The number of hydrogen-bond acceptors (Lipinski definition) is 4. The Balaban J connectivity index is 1.86. The fourth-order valence-electron chi connectivity index (χ4n) is 1.88. The highest BCUT2D eigenvalue weighted by Crippen LogP contribution is 2.33. The van der Waals surface area contributed by atoms with Crippen molar-refractivity contribution in [3.8, 4) is 5.75 Å². The lowest BCUT2D eigenvalue weighted by Gasteiger charge is -2.10. The molecule has 0 aliphatic carbocycles. The van der Waals surface area contributed by atoms with Gasteiger partial charge in [0.2, 0.25) is 0 Å². The monoisotopic (exact) mass is 238 g/mol. The molecule has 3 nitrogen and oxygen atoms in total. The summed E-state index contributed by atoms with van der Waals surface area (Å²) in [7, 11) is 0. The van der Waals surface area contributed by atoms with Crippen molar-refractivity contribution in [1.82, 2.24) is 0 Å². The molecule has 1 aromatic carbocycles. The molecule has 0 radical (unpaired) electrons. The lowest BCUT2D eigenvalue weighted by atomic mass is 10.0. The van der Waals surface area contributed by atoms with Gasteiger partial charge in [-0.05, 0) is 11.6 Å². The molecule has 0 amide bonds. The first-order chi connectivity index (χ1) is 7.74. The predicted molar refractivity (Wildman–Crippen MR) is 62.2 cm³/mol. The SMILES string of the molecule is Oc1c(CC2CO2)ccc(S)c1CC1CO1. The number of rotatable bonds is 4. The van der Waals surface area contributed by atoms with Crippen LogP contribution in [0.5, 0.6) is 5.75 Å². The second-order valence-electron chi connectivity index (χ2n) is 4.39. The normalized spacial score (nSPS) is 26.8. The van der Waals surface area contributed by atoms with E-state index in [9.17, 15) is 5.11 Å². The van der Waals surface area contributed by atoms with Gasteiger partial charge >= 0.3 is 0 Å². The number of hydrogen-bond donors (Lipinski definition) is 2. The predicted octanol–water partition coefficient (Wildman–Crippen LogP) is 1.56. The smallest absolute Gasteiger partial charge is 0.123 e. The molecule has 16 heavy (non-hydrogen) atoms. The maximum atomic E-state index is 10.2. The van der Waals surface area contributed by atoms with E-state index in [0.29, 0.717) is 11.9 Å². The van der Waals surface area contributed by atoms with E-state index in [4.69, 9.17) is 9.47 Å². The van der Waals surface area contributed by atoms with Crippen molar-refractivity contribution in [1.29, 1.82) is 0 Å². The molecule has 2 saturated heterocycles. The highest BCUT2D eigenvalue weighted by Gasteiger charge is 2.28. The molecule has 1 aromatic rings. The number of aromatic hydroxyl groups is 1. The standard InChI is InChI=1S/C12H14O3S/c13-12-7(3-8-5-14-8)1-2-11(16)10(12)4-9-6-15-9/h1-2,8-9,13,16H,3-6H2. The summed E-state index contributed by atoms with van der Waals surface area (Å²) >= 11 is 4.38. The largest absolute Gasteiger partial charge is 0.507 e. The molecule has 1 N–H and O–H groups in total. The van der Waals surface area contributed by atoms with Crippen LogP contribution in [0, 0.1) is 0 Å². The van der Waals surface area contributed by atoms with Crippen LogP contribution >= 0.6 is 12.6 Å². The molecule has 0 saturated carbocycles. The van der Waals surface area contributed by atoms with Crippen LogP contribution in [-0.4, -0.2) is 30.5 Å². The first-order valence-electron chi connectivity index (χ1n) is 5.50. The first kappa shape index (κ1) is 10.4. The van der Waals surface area contributed by atoms with E-state index < -0.39 is 0 Å². The summed E-state index contributed by atoms with van der Waals surface area (Å²) in [5, 5.41) is 10.2. The molecule has 2 aliphatic heterocycles. The minimum absolute atomic E-state index is 0.268. The van der Waals surface area contributed by atoms with Gasteiger partial charge in [0.25, 0.3) is 0 Å². The second-order valence-corrected chi connectivity index (χ2v) is 4.87. The summed E-state index contributed by atoms with van der Waals surface area (Å²) in [6.07, 6.45) is 2.11. The van der Waals surface area contributed by atoms with Gasteiger partial charge in [0.05, 0.1) is 25.4 Å². The molecule has 4 heteroatoms. The maximum absolute atomic E-state index is 10.2. The molecular weight excluding hydrogens is 224 g/mol. The summed E-state index contributed by atoms with van der Waals surface area (Å²) in [5.74, 6) is 0.374. The third-order valence-electron chi connectivity index (χ3n) is 3.03. The van der Waals surface area contributed by atoms with E-state index in [1.165, 1.54) is 0 Å². The number of thiol groups is 1. The van der Waals surface area contributed by atoms with Crippen molar-refractivity contribution >= 4 is 12.6 Å². The highest BCUT2D eigenvalue weighted by atomic mass is 32.1. The molecule has 0 aromatic heterocycles. The zero-order chi connectivity index (χ0) is 11.1. The average Bonchev–Trinajstić information content (AvgIpc) is 3.11. The van der Waals surface area contributed by atoms with Gasteiger partial charge in [0.15, 0.2) is 0 Å². The van der Waals surface area contributed by atoms with Crippen LogP contribution in [0.25, 0.3) is 0 Å². The van der Waals surface area contributed by atoms with Crippen LogP contribution in [0.1, 0.15) is 11.1 Å². The molecule has 86 valence electrons. The summed E-state index contributed by atoms with van der Waals surface area (Å²) in [4.78, 5) is 0.841. The number of epoxide rings is 2. The maximum Gasteiger partial charge on any atom is 0.123 e. The topological polar surface area (TPSA) is 45.3 Å². The molecular formula is C12H14O3S. The molecule has 2 heterocycles. The molecule has 2 atom stereocenters. The third kappa shape index (κ3) is 2.19. The van der Waals surface area contributed by atoms with Crippen molar-refractivity contribution in [3.63, 3.8) is 0 Å². The third-order valence-corrected chi connectivity index (χ3v) is 3.44. The lowest BCUT2D eigenvalue weighted by molar-refractivity contribution is 0.393. The van der Waals surface area contributed by atoms with E-state index >= 15 is 0 Å². The zero-order valence-electron chi connectivity index (χ0n) is 8.85. The summed E-state index contributed by atoms with van der Waals surface area (Å²) in [6.45, 7) is 1.60. The summed E-state index contributed by atoms with van der Waals surface area (Å²) in [5.41, 5.74) is 1.86. The van der Waals surface area contributed by atoms with Crippen molar-refractivity contribution in [2.24, 2.45) is 0 Å². The average molecular weight is 238 g/mol. The van der Waals surface area contributed by atoms with Crippen LogP contribution in [0.2, 0.25) is 0 Å². The van der Waals surface area contributed by atoms with Gasteiger partial charge in [-0.15, -0.1) is 12.6 Å². The van der Waals surface area contributed by atoms with Crippen molar-refractivity contribution < 1.29 is 14.6 Å². The quantitative estimate of drug-likeness (QED) is 0.618. The molecule has 0 spiro atoms. The number of benzene rings is 1. The Bertz CT molecular complexity index is 411. The molecule has 3 rings (SSSR count). The Hall–Kier alpha value is -0.710. The Morgan fingerprint density at radius 3 is 2.44 bits per heavy atom. The van der Waals surface area contributed by atoms with Gasteiger partial charge < -0.3 is 14.6 Å². The van der Waals surface area contributed by atoms with Crippen molar-refractivity contribution in [3.05, 3.63) is 23.3 Å². The molecule has 2 fully saturated rings. The van der Waals surface area contributed by atoms with E-state index in [2.05, 4.69) is 12.6 Å². The molecule has 2 unspecified atom stereocenters. The van der Waals surface area contributed by atoms with Crippen LogP contribution < -0.4 is 0 Å². The molecule has 2 aliphatic rings. The number of phenolic OH excluding ortho intramolecular Hbond substituents is 1. The number of phenols is 1. The zero-order valence-corrected chi connectivity index (χ0v) is 9.74. The Morgan fingerprint density at radius 2 is 1.81 bits per heavy atom. The van der Waals surface area contributed by atoms with Crippen molar-refractivity contribution in [2.75, 3.05) is 13.2 Å². The van der Waals surface area contributed by atoms with Crippen LogP contribution in [0.15, 0.2) is 17.0 Å². The highest BCUT2D eigenvalue weighted by molar-refractivity contribution is 7.80. The van der Waals surface area contributed by atoms with E-state index in [0.717, 1.165) is 42.1 Å². The summed E-state index contributed by atoms with van der Waals surface area (Å²) < 4.78 is 10.4. The van der Waals surface area contributed by atoms with Gasteiger partial charge in [-0.1, -0.05) is 6.07 Å². The minimum Gasteiger partial charge on any atom is -0.507 e. The van der Waals surface area contributed by atoms with Gasteiger partial charge in [0, 0.05) is 23.3 Å². The van der Waals surface area contributed by atoms with Gasteiger partial charge in [-0.3, -0.25) is 0 Å².